The molecule has 0 aromatic heterocycles. The molecular formula is C16H26N2O2S. The molecule has 3 atom stereocenters. The molecule has 5 heteroatoms. The summed E-state index contributed by atoms with van der Waals surface area (Å²) in [6, 6.07) is 0.300. The minimum atomic E-state index is -0.268. The Morgan fingerprint density at radius 2 is 1.71 bits per heavy atom. The molecule has 0 radical (unpaired) electrons. The molecule has 1 N–H and O–H groups in total. The zero-order valence-electron chi connectivity index (χ0n) is 12.8. The lowest BCUT2D eigenvalue weighted by Gasteiger charge is -2.33. The van der Waals surface area contributed by atoms with Crippen molar-refractivity contribution in [3.8, 4) is 0 Å². The van der Waals surface area contributed by atoms with Crippen LogP contribution in [0.1, 0.15) is 57.8 Å². The zero-order valence-corrected chi connectivity index (χ0v) is 13.7. The van der Waals surface area contributed by atoms with E-state index in [2.05, 4.69) is 11.6 Å². The summed E-state index contributed by atoms with van der Waals surface area (Å²) in [5.74, 6) is 0.0817. The Morgan fingerprint density at radius 1 is 1.05 bits per heavy atom. The molecular weight excluding hydrogens is 284 g/mol. The molecule has 3 unspecified atom stereocenters. The van der Waals surface area contributed by atoms with Crippen molar-refractivity contribution >= 4 is 23.6 Å². The van der Waals surface area contributed by atoms with E-state index in [0.717, 1.165) is 32.1 Å². The smallest absolute Gasteiger partial charge is 0.247 e. The molecule has 1 aliphatic heterocycles. The minimum absolute atomic E-state index is 0.0392. The van der Waals surface area contributed by atoms with Gasteiger partial charge in [0.1, 0.15) is 0 Å². The topological polar surface area (TPSA) is 49.4 Å². The van der Waals surface area contributed by atoms with Crippen LogP contribution in [0.4, 0.5) is 0 Å². The second-order valence-electron chi connectivity index (χ2n) is 6.63. The number of thioether (sulfide) groups is 1. The van der Waals surface area contributed by atoms with Crippen LogP contribution >= 0.6 is 11.8 Å². The van der Waals surface area contributed by atoms with Crippen LogP contribution in [0, 0.1) is 0 Å². The molecule has 21 heavy (non-hydrogen) atoms. The van der Waals surface area contributed by atoms with E-state index in [1.165, 1.54) is 19.3 Å². The molecule has 0 aromatic carbocycles. The molecule has 1 heterocycles. The van der Waals surface area contributed by atoms with E-state index in [1.807, 2.05) is 11.8 Å². The SMILES string of the molecule is CSC1CCCCC1NC1CC(=O)N(C2CCCC2)C1=O. The van der Waals surface area contributed by atoms with Gasteiger partial charge < -0.3 is 5.32 Å². The number of imide groups is 1. The fraction of sp³-hybridized carbons (Fsp3) is 0.875. The molecule has 0 aromatic rings. The van der Waals surface area contributed by atoms with Gasteiger partial charge in [0.2, 0.25) is 11.8 Å². The minimum Gasteiger partial charge on any atom is -0.302 e. The summed E-state index contributed by atoms with van der Waals surface area (Å²) in [5, 5.41) is 4.10. The Kier molecular flexibility index (Phi) is 4.89. The molecule has 0 spiro atoms. The summed E-state index contributed by atoms with van der Waals surface area (Å²) in [6.45, 7) is 0. The fourth-order valence-corrected chi connectivity index (χ4v) is 5.10. The van der Waals surface area contributed by atoms with Crippen LogP contribution in [0.25, 0.3) is 0 Å². The van der Waals surface area contributed by atoms with Crippen molar-refractivity contribution in [2.75, 3.05) is 6.26 Å². The zero-order chi connectivity index (χ0) is 14.8. The van der Waals surface area contributed by atoms with Gasteiger partial charge in [-0.3, -0.25) is 14.5 Å². The van der Waals surface area contributed by atoms with Crippen LogP contribution in [0.15, 0.2) is 0 Å². The maximum atomic E-state index is 12.6. The number of amides is 2. The number of carbonyl (C=O) groups excluding carboxylic acids is 2. The number of rotatable bonds is 4. The van der Waals surface area contributed by atoms with Gasteiger partial charge in [-0.2, -0.15) is 11.8 Å². The highest BCUT2D eigenvalue weighted by Crippen LogP contribution is 2.31. The summed E-state index contributed by atoms with van der Waals surface area (Å²) in [5.41, 5.74) is 0. The van der Waals surface area contributed by atoms with Gasteiger partial charge in [-0.15, -0.1) is 0 Å². The first-order valence-corrected chi connectivity index (χ1v) is 9.64. The van der Waals surface area contributed by atoms with E-state index in [0.29, 0.717) is 17.7 Å². The van der Waals surface area contributed by atoms with E-state index >= 15 is 0 Å². The monoisotopic (exact) mass is 310 g/mol. The van der Waals surface area contributed by atoms with Crippen molar-refractivity contribution in [3.63, 3.8) is 0 Å². The van der Waals surface area contributed by atoms with Crippen molar-refractivity contribution < 1.29 is 9.59 Å². The molecule has 3 fully saturated rings. The number of hydrogen-bond donors (Lipinski definition) is 1. The Hall–Kier alpha value is -0.550. The number of carbonyl (C=O) groups is 2. The van der Waals surface area contributed by atoms with Gasteiger partial charge in [0.05, 0.1) is 12.5 Å². The number of likely N-dealkylation sites (tertiary alicyclic amines) is 1. The maximum Gasteiger partial charge on any atom is 0.247 e. The molecule has 2 saturated carbocycles. The van der Waals surface area contributed by atoms with Crippen molar-refractivity contribution in [1.82, 2.24) is 10.2 Å². The molecule has 118 valence electrons. The Morgan fingerprint density at radius 3 is 2.43 bits per heavy atom. The summed E-state index contributed by atoms with van der Waals surface area (Å²) < 4.78 is 0. The number of hydrogen-bond acceptors (Lipinski definition) is 4. The molecule has 0 bridgehead atoms. The third kappa shape index (κ3) is 3.14. The summed E-state index contributed by atoms with van der Waals surface area (Å²) >= 11 is 1.89. The van der Waals surface area contributed by atoms with Gasteiger partial charge >= 0.3 is 0 Å². The number of nitrogens with one attached hydrogen (secondary N) is 1. The standard InChI is InChI=1S/C16H26N2O2S/c1-21-14-9-5-4-8-12(14)17-13-10-15(19)18(16(13)20)11-6-2-3-7-11/h11-14,17H,2-10H2,1H3. The largest absolute Gasteiger partial charge is 0.302 e. The summed E-state index contributed by atoms with van der Waals surface area (Å²) in [6.07, 6.45) is 11.7. The van der Waals surface area contributed by atoms with Gasteiger partial charge in [0.15, 0.2) is 0 Å². The van der Waals surface area contributed by atoms with Crippen LogP contribution in [0.3, 0.4) is 0 Å². The van der Waals surface area contributed by atoms with Gasteiger partial charge in [-0.1, -0.05) is 25.7 Å². The quantitative estimate of drug-likeness (QED) is 0.810. The lowest BCUT2D eigenvalue weighted by atomic mass is 9.94. The van der Waals surface area contributed by atoms with E-state index in [4.69, 9.17) is 0 Å². The molecule has 3 aliphatic rings. The van der Waals surface area contributed by atoms with Crippen LogP contribution in [-0.4, -0.2) is 46.3 Å². The van der Waals surface area contributed by atoms with Crippen molar-refractivity contribution in [2.24, 2.45) is 0 Å². The average molecular weight is 310 g/mol. The highest BCUT2D eigenvalue weighted by Gasteiger charge is 2.44. The third-order valence-electron chi connectivity index (χ3n) is 5.29. The molecule has 2 aliphatic carbocycles. The highest BCUT2D eigenvalue weighted by molar-refractivity contribution is 7.99. The first-order chi connectivity index (χ1) is 10.2. The second-order valence-corrected chi connectivity index (χ2v) is 7.71. The molecule has 4 nitrogen and oxygen atoms in total. The van der Waals surface area contributed by atoms with Crippen LogP contribution in [0.2, 0.25) is 0 Å². The normalized spacial score (nSPS) is 34.9. The van der Waals surface area contributed by atoms with Gasteiger partial charge in [0.25, 0.3) is 0 Å². The predicted molar refractivity (Wildman–Crippen MR) is 85.2 cm³/mol. The molecule has 2 amide bonds. The van der Waals surface area contributed by atoms with E-state index in [1.54, 1.807) is 4.90 Å². The Labute approximate surface area is 131 Å². The van der Waals surface area contributed by atoms with Crippen molar-refractivity contribution in [1.29, 1.82) is 0 Å². The summed E-state index contributed by atoms with van der Waals surface area (Å²) in [4.78, 5) is 26.4. The number of nitrogens with zero attached hydrogens (tertiary/aromatic N) is 1. The van der Waals surface area contributed by atoms with Crippen LogP contribution in [-0.2, 0) is 9.59 Å². The lowest BCUT2D eigenvalue weighted by molar-refractivity contribution is -0.141. The first-order valence-electron chi connectivity index (χ1n) is 8.35. The third-order valence-corrected chi connectivity index (χ3v) is 6.46. The predicted octanol–water partition coefficient (Wildman–Crippen LogP) is 2.32. The van der Waals surface area contributed by atoms with Gasteiger partial charge in [-0.25, -0.2) is 0 Å². The first kappa shape index (κ1) is 15.3. The second kappa shape index (κ2) is 6.69. The van der Waals surface area contributed by atoms with Crippen LogP contribution < -0.4 is 5.32 Å². The van der Waals surface area contributed by atoms with Crippen LogP contribution in [0.5, 0.6) is 0 Å². The van der Waals surface area contributed by atoms with Crippen molar-refractivity contribution in [3.05, 3.63) is 0 Å². The summed E-state index contributed by atoms with van der Waals surface area (Å²) in [7, 11) is 0. The average Bonchev–Trinajstić information content (AvgIpc) is 3.09. The lowest BCUT2D eigenvalue weighted by Crippen LogP contribution is -2.50. The van der Waals surface area contributed by atoms with Crippen molar-refractivity contribution in [2.45, 2.75) is 81.2 Å². The van der Waals surface area contributed by atoms with Gasteiger partial charge in [-0.05, 0) is 31.9 Å². The van der Waals surface area contributed by atoms with Gasteiger partial charge in [0, 0.05) is 17.3 Å². The van der Waals surface area contributed by atoms with E-state index < -0.39 is 0 Å². The Balaban J connectivity index is 1.63. The highest BCUT2D eigenvalue weighted by atomic mass is 32.2. The molecule has 1 saturated heterocycles. The molecule has 3 rings (SSSR count). The van der Waals surface area contributed by atoms with E-state index in [-0.39, 0.29) is 23.9 Å². The van der Waals surface area contributed by atoms with E-state index in [9.17, 15) is 9.59 Å². The Bertz CT molecular complexity index is 409. The maximum absolute atomic E-state index is 12.6. The fourth-order valence-electron chi connectivity index (χ4n) is 4.16.